The Labute approximate surface area is 165 Å². The second kappa shape index (κ2) is 8.99. The number of ether oxygens (including phenoxy) is 1. The molecule has 0 fully saturated rings. The van der Waals surface area contributed by atoms with Crippen LogP contribution in [0.3, 0.4) is 0 Å². The fourth-order valence-electron chi connectivity index (χ4n) is 2.65. The van der Waals surface area contributed by atoms with Crippen molar-refractivity contribution in [3.63, 3.8) is 0 Å². The van der Waals surface area contributed by atoms with Gasteiger partial charge in [0.05, 0.1) is 12.2 Å². The van der Waals surface area contributed by atoms with Crippen LogP contribution in [0.5, 0.6) is 0 Å². The molecule has 3 rings (SSSR count). The monoisotopic (exact) mass is 376 g/mol. The van der Waals surface area contributed by atoms with Crippen molar-refractivity contribution in [2.45, 2.75) is 26.7 Å². The van der Waals surface area contributed by atoms with Crippen LogP contribution < -0.4 is 10.6 Å². The highest BCUT2D eigenvalue weighted by molar-refractivity contribution is 5.89. The largest absolute Gasteiger partial charge is 0.462 e. The van der Waals surface area contributed by atoms with Crippen molar-refractivity contribution in [3.8, 4) is 0 Å². The summed E-state index contributed by atoms with van der Waals surface area (Å²) in [5, 5.41) is 6.49. The fourth-order valence-corrected chi connectivity index (χ4v) is 2.65. The second-order valence-electron chi connectivity index (χ2n) is 6.61. The number of nitrogens with one attached hydrogen (secondary N) is 2. The van der Waals surface area contributed by atoms with E-state index in [0.29, 0.717) is 29.7 Å². The van der Waals surface area contributed by atoms with Gasteiger partial charge in [-0.15, -0.1) is 0 Å². The Morgan fingerprint density at radius 2 is 1.46 bits per heavy atom. The van der Waals surface area contributed by atoms with Crippen molar-refractivity contribution in [2.24, 2.45) is 0 Å². The van der Waals surface area contributed by atoms with Gasteiger partial charge >= 0.3 is 5.97 Å². The lowest BCUT2D eigenvalue weighted by molar-refractivity contribution is 0.0526. The Morgan fingerprint density at radius 3 is 1.96 bits per heavy atom. The second-order valence-corrected chi connectivity index (χ2v) is 6.61. The molecule has 0 spiro atoms. The molecule has 0 unspecified atom stereocenters. The minimum absolute atomic E-state index is 0.328. The summed E-state index contributed by atoms with van der Waals surface area (Å²) in [6.45, 7) is 6.48. The van der Waals surface area contributed by atoms with Crippen molar-refractivity contribution < 1.29 is 9.53 Å². The number of anilines is 4. The van der Waals surface area contributed by atoms with Crippen LogP contribution in [0.15, 0.2) is 60.9 Å². The minimum atomic E-state index is -0.328. The molecule has 0 radical (unpaired) electrons. The number of carbonyl (C=O) groups excluding carboxylic acids is 1. The summed E-state index contributed by atoms with van der Waals surface area (Å²) in [5.74, 6) is 1.52. The molecule has 0 saturated heterocycles. The molecule has 0 atom stereocenters. The first kappa shape index (κ1) is 19.4. The number of hydrogen-bond acceptors (Lipinski definition) is 6. The van der Waals surface area contributed by atoms with E-state index in [9.17, 15) is 4.79 Å². The zero-order valence-electron chi connectivity index (χ0n) is 16.3. The fraction of sp³-hybridized carbons (Fsp3) is 0.227. The first-order valence-corrected chi connectivity index (χ1v) is 9.28. The Bertz CT molecular complexity index is 922. The van der Waals surface area contributed by atoms with E-state index in [1.807, 2.05) is 30.3 Å². The van der Waals surface area contributed by atoms with Gasteiger partial charge in [0.25, 0.3) is 0 Å². The lowest BCUT2D eigenvalue weighted by Gasteiger charge is -2.10. The van der Waals surface area contributed by atoms with Crippen LogP contribution in [0, 0.1) is 0 Å². The molecule has 0 aliphatic carbocycles. The van der Waals surface area contributed by atoms with E-state index in [0.717, 1.165) is 11.4 Å². The number of benzene rings is 2. The predicted octanol–water partition coefficient (Wildman–Crippen LogP) is 5.26. The molecule has 0 amide bonds. The van der Waals surface area contributed by atoms with E-state index < -0.39 is 0 Å². The van der Waals surface area contributed by atoms with Crippen LogP contribution in [-0.4, -0.2) is 22.5 Å². The smallest absolute Gasteiger partial charge is 0.338 e. The minimum Gasteiger partial charge on any atom is -0.462 e. The van der Waals surface area contributed by atoms with Crippen LogP contribution >= 0.6 is 0 Å². The zero-order valence-corrected chi connectivity index (χ0v) is 16.3. The number of aromatic nitrogens is 2. The SMILES string of the molecule is CCOC(=O)c1ccc(Nc2cc(Nc3ccc(C(C)C)cc3)ncn2)cc1. The zero-order chi connectivity index (χ0) is 19.9. The van der Waals surface area contributed by atoms with E-state index in [4.69, 9.17) is 4.74 Å². The number of hydrogen-bond donors (Lipinski definition) is 2. The van der Waals surface area contributed by atoms with Crippen LogP contribution in [0.4, 0.5) is 23.0 Å². The molecule has 6 heteroatoms. The maximum Gasteiger partial charge on any atom is 0.338 e. The first-order chi connectivity index (χ1) is 13.5. The third-order valence-corrected chi connectivity index (χ3v) is 4.19. The first-order valence-electron chi connectivity index (χ1n) is 9.28. The summed E-state index contributed by atoms with van der Waals surface area (Å²) in [5.41, 5.74) is 3.59. The van der Waals surface area contributed by atoms with Crippen LogP contribution in [-0.2, 0) is 4.74 Å². The Kier molecular flexibility index (Phi) is 6.22. The maximum absolute atomic E-state index is 11.7. The van der Waals surface area contributed by atoms with E-state index in [1.54, 1.807) is 19.1 Å². The molecule has 1 heterocycles. The van der Waals surface area contributed by atoms with Gasteiger partial charge in [-0.25, -0.2) is 14.8 Å². The van der Waals surface area contributed by atoms with E-state index >= 15 is 0 Å². The molecule has 0 bridgehead atoms. The lowest BCUT2D eigenvalue weighted by atomic mass is 10.0. The molecule has 0 aliphatic heterocycles. The van der Waals surface area contributed by atoms with Gasteiger partial charge in [-0.1, -0.05) is 26.0 Å². The van der Waals surface area contributed by atoms with Gasteiger partial charge in [-0.3, -0.25) is 0 Å². The van der Waals surface area contributed by atoms with Crippen molar-refractivity contribution in [1.29, 1.82) is 0 Å². The molecular weight excluding hydrogens is 352 g/mol. The summed E-state index contributed by atoms with van der Waals surface area (Å²) < 4.78 is 4.99. The van der Waals surface area contributed by atoms with E-state index in [-0.39, 0.29) is 5.97 Å². The third kappa shape index (κ3) is 5.07. The summed E-state index contributed by atoms with van der Waals surface area (Å²) in [6, 6.07) is 17.2. The molecule has 0 aliphatic rings. The molecule has 28 heavy (non-hydrogen) atoms. The number of esters is 1. The summed E-state index contributed by atoms with van der Waals surface area (Å²) in [4.78, 5) is 20.2. The number of nitrogens with zero attached hydrogens (tertiary/aromatic N) is 2. The van der Waals surface area contributed by atoms with Gasteiger partial charge < -0.3 is 15.4 Å². The predicted molar refractivity (Wildman–Crippen MR) is 112 cm³/mol. The van der Waals surface area contributed by atoms with Gasteiger partial charge in [0, 0.05) is 17.4 Å². The Balaban J connectivity index is 1.67. The van der Waals surface area contributed by atoms with Crippen LogP contribution in [0.2, 0.25) is 0 Å². The van der Waals surface area contributed by atoms with E-state index in [2.05, 4.69) is 46.6 Å². The quantitative estimate of drug-likeness (QED) is 0.548. The van der Waals surface area contributed by atoms with Crippen molar-refractivity contribution in [1.82, 2.24) is 9.97 Å². The topological polar surface area (TPSA) is 76.1 Å². The molecule has 2 aromatic carbocycles. The van der Waals surface area contributed by atoms with Gasteiger partial charge in [-0.2, -0.15) is 0 Å². The highest BCUT2D eigenvalue weighted by Crippen LogP contribution is 2.22. The highest BCUT2D eigenvalue weighted by atomic mass is 16.5. The molecule has 2 N–H and O–H groups in total. The number of carbonyl (C=O) groups is 1. The molecule has 0 saturated carbocycles. The third-order valence-electron chi connectivity index (χ3n) is 4.19. The van der Waals surface area contributed by atoms with Crippen molar-refractivity contribution in [2.75, 3.05) is 17.2 Å². The molecule has 3 aromatic rings. The number of rotatable bonds is 7. The maximum atomic E-state index is 11.7. The average molecular weight is 376 g/mol. The van der Waals surface area contributed by atoms with Gasteiger partial charge in [0.1, 0.15) is 18.0 Å². The average Bonchev–Trinajstić information content (AvgIpc) is 2.69. The standard InChI is InChI=1S/C22H24N4O2/c1-4-28-22(27)17-7-11-19(12-8-17)26-21-13-20(23-14-24-21)25-18-9-5-16(6-10-18)15(2)3/h5-15H,4H2,1-3H3,(H2,23,24,25,26). The van der Waals surface area contributed by atoms with Crippen LogP contribution in [0.25, 0.3) is 0 Å². The lowest BCUT2D eigenvalue weighted by Crippen LogP contribution is -2.04. The van der Waals surface area contributed by atoms with Gasteiger partial charge in [0.2, 0.25) is 0 Å². The molecule has 144 valence electrons. The summed E-state index contributed by atoms with van der Waals surface area (Å²) in [7, 11) is 0. The van der Waals surface area contributed by atoms with E-state index in [1.165, 1.54) is 11.9 Å². The normalized spacial score (nSPS) is 10.6. The summed E-state index contributed by atoms with van der Waals surface area (Å²) >= 11 is 0. The molecular formula is C22H24N4O2. The Hall–Kier alpha value is -3.41. The molecule has 6 nitrogen and oxygen atoms in total. The Morgan fingerprint density at radius 1 is 0.929 bits per heavy atom. The summed E-state index contributed by atoms with van der Waals surface area (Å²) in [6.07, 6.45) is 1.50. The van der Waals surface area contributed by atoms with Crippen LogP contribution in [0.1, 0.15) is 42.6 Å². The van der Waals surface area contributed by atoms with Gasteiger partial charge in [0.15, 0.2) is 0 Å². The molecule has 1 aromatic heterocycles. The van der Waals surface area contributed by atoms with Gasteiger partial charge in [-0.05, 0) is 54.8 Å². The highest BCUT2D eigenvalue weighted by Gasteiger charge is 2.06. The van der Waals surface area contributed by atoms with Crippen molar-refractivity contribution >= 4 is 29.0 Å². The van der Waals surface area contributed by atoms with Crippen molar-refractivity contribution in [3.05, 3.63) is 72.1 Å².